The highest BCUT2D eigenvalue weighted by molar-refractivity contribution is 9.10. The number of halogens is 2. The number of nitrogens with one attached hydrogen (secondary N) is 2. The molecule has 0 heterocycles. The van der Waals surface area contributed by atoms with E-state index >= 15 is 0 Å². The zero-order valence-electron chi connectivity index (χ0n) is 9.93. The number of benzene rings is 1. The van der Waals surface area contributed by atoms with Crippen molar-refractivity contribution in [3.05, 3.63) is 34.1 Å². The molecule has 0 saturated heterocycles. The molecule has 0 spiro atoms. The van der Waals surface area contributed by atoms with E-state index in [1.807, 2.05) is 6.92 Å². The number of hydrogen-bond acceptors (Lipinski definition) is 2. The third kappa shape index (κ3) is 4.44. The van der Waals surface area contributed by atoms with Crippen LogP contribution in [-0.4, -0.2) is 24.9 Å². The molecule has 0 fully saturated rings. The van der Waals surface area contributed by atoms with Crippen LogP contribution in [0.4, 0.5) is 4.39 Å². The maximum absolute atomic E-state index is 13.4. The first-order valence-electron chi connectivity index (χ1n) is 5.54. The molecule has 0 aliphatic rings. The Morgan fingerprint density at radius 2 is 2.06 bits per heavy atom. The quantitative estimate of drug-likeness (QED) is 0.871. The van der Waals surface area contributed by atoms with Crippen LogP contribution in [-0.2, 0) is 4.79 Å². The summed E-state index contributed by atoms with van der Waals surface area (Å²) in [5, 5.41) is 4.97. The van der Waals surface area contributed by atoms with Gasteiger partial charge in [-0.25, -0.2) is 4.39 Å². The highest BCUT2D eigenvalue weighted by Gasteiger charge is 2.12. The predicted molar refractivity (Wildman–Crippen MR) is 69.7 cm³/mol. The van der Waals surface area contributed by atoms with Crippen LogP contribution >= 0.6 is 15.9 Å². The van der Waals surface area contributed by atoms with Crippen LogP contribution < -0.4 is 10.6 Å². The van der Waals surface area contributed by atoms with E-state index in [9.17, 15) is 14.0 Å². The number of hydrogen-bond donors (Lipinski definition) is 2. The van der Waals surface area contributed by atoms with E-state index < -0.39 is 11.7 Å². The van der Waals surface area contributed by atoms with Crippen molar-refractivity contribution in [2.75, 3.05) is 13.1 Å². The molecule has 0 aliphatic carbocycles. The van der Waals surface area contributed by atoms with Gasteiger partial charge in [-0.2, -0.15) is 0 Å². The Hall–Kier alpha value is -1.43. The summed E-state index contributed by atoms with van der Waals surface area (Å²) in [6.45, 7) is 2.32. The van der Waals surface area contributed by atoms with Crippen LogP contribution in [0.5, 0.6) is 0 Å². The average molecular weight is 317 g/mol. The lowest BCUT2D eigenvalue weighted by Crippen LogP contribution is -2.37. The fourth-order valence-corrected chi connectivity index (χ4v) is 1.62. The van der Waals surface area contributed by atoms with E-state index in [1.165, 1.54) is 18.2 Å². The first kappa shape index (κ1) is 14.6. The molecular formula is C12H14BrFN2O2. The SMILES string of the molecule is CCCNC(=O)CNC(=O)c1cc(Br)ccc1F. The summed E-state index contributed by atoms with van der Waals surface area (Å²) >= 11 is 3.15. The fourth-order valence-electron chi connectivity index (χ4n) is 1.25. The minimum Gasteiger partial charge on any atom is -0.355 e. The molecule has 0 unspecified atom stereocenters. The lowest BCUT2D eigenvalue weighted by Gasteiger charge is -2.07. The predicted octanol–water partition coefficient (Wildman–Crippen LogP) is 1.84. The first-order valence-corrected chi connectivity index (χ1v) is 6.34. The zero-order valence-corrected chi connectivity index (χ0v) is 11.5. The third-order valence-corrected chi connectivity index (χ3v) is 2.65. The lowest BCUT2D eigenvalue weighted by molar-refractivity contribution is -0.120. The highest BCUT2D eigenvalue weighted by atomic mass is 79.9. The van der Waals surface area contributed by atoms with Gasteiger partial charge in [0, 0.05) is 11.0 Å². The second-order valence-corrected chi connectivity index (χ2v) is 4.57. The van der Waals surface area contributed by atoms with Gasteiger partial charge < -0.3 is 10.6 Å². The molecule has 0 radical (unpaired) electrons. The van der Waals surface area contributed by atoms with Crippen molar-refractivity contribution in [2.24, 2.45) is 0 Å². The van der Waals surface area contributed by atoms with Gasteiger partial charge in [0.25, 0.3) is 5.91 Å². The number of carbonyl (C=O) groups excluding carboxylic acids is 2. The van der Waals surface area contributed by atoms with Gasteiger partial charge in [0.2, 0.25) is 5.91 Å². The number of rotatable bonds is 5. The average Bonchev–Trinajstić information content (AvgIpc) is 2.36. The molecular weight excluding hydrogens is 303 g/mol. The van der Waals surface area contributed by atoms with Gasteiger partial charge in [0.15, 0.2) is 0 Å². The first-order chi connectivity index (χ1) is 8.54. The highest BCUT2D eigenvalue weighted by Crippen LogP contribution is 2.15. The maximum Gasteiger partial charge on any atom is 0.254 e. The largest absolute Gasteiger partial charge is 0.355 e. The molecule has 4 nitrogen and oxygen atoms in total. The van der Waals surface area contributed by atoms with E-state index in [-0.39, 0.29) is 18.0 Å². The minimum absolute atomic E-state index is 0.0901. The molecule has 2 amide bonds. The molecule has 0 bridgehead atoms. The smallest absolute Gasteiger partial charge is 0.254 e. The summed E-state index contributed by atoms with van der Waals surface area (Å²) in [7, 11) is 0. The number of carbonyl (C=O) groups is 2. The van der Waals surface area contributed by atoms with Crippen molar-refractivity contribution >= 4 is 27.7 Å². The van der Waals surface area contributed by atoms with Crippen LogP contribution in [0.3, 0.4) is 0 Å². The molecule has 18 heavy (non-hydrogen) atoms. The lowest BCUT2D eigenvalue weighted by atomic mass is 10.2. The normalized spacial score (nSPS) is 9.94. The fraction of sp³-hybridized carbons (Fsp3) is 0.333. The van der Waals surface area contributed by atoms with Crippen LogP contribution in [0.25, 0.3) is 0 Å². The minimum atomic E-state index is -0.621. The van der Waals surface area contributed by atoms with Gasteiger partial charge in [-0.1, -0.05) is 22.9 Å². The summed E-state index contributed by atoms with van der Waals surface area (Å²) in [6.07, 6.45) is 0.819. The molecule has 1 aromatic carbocycles. The van der Waals surface area contributed by atoms with Crippen LogP contribution in [0, 0.1) is 5.82 Å². The van der Waals surface area contributed by atoms with E-state index in [1.54, 1.807) is 0 Å². The Labute approximate surface area is 113 Å². The monoisotopic (exact) mass is 316 g/mol. The van der Waals surface area contributed by atoms with Crippen LogP contribution in [0.15, 0.2) is 22.7 Å². The van der Waals surface area contributed by atoms with Gasteiger partial charge in [-0.15, -0.1) is 0 Å². The van der Waals surface area contributed by atoms with Crippen molar-refractivity contribution in [1.29, 1.82) is 0 Å². The second-order valence-electron chi connectivity index (χ2n) is 3.66. The zero-order chi connectivity index (χ0) is 13.5. The number of amides is 2. The Bertz CT molecular complexity index is 452. The molecule has 1 rings (SSSR count). The molecule has 0 atom stereocenters. The Balaban J connectivity index is 2.55. The van der Waals surface area contributed by atoms with Gasteiger partial charge in [0.1, 0.15) is 5.82 Å². The van der Waals surface area contributed by atoms with Crippen molar-refractivity contribution in [3.63, 3.8) is 0 Å². The van der Waals surface area contributed by atoms with Gasteiger partial charge >= 0.3 is 0 Å². The molecule has 1 aromatic rings. The van der Waals surface area contributed by atoms with E-state index in [0.29, 0.717) is 11.0 Å². The summed E-state index contributed by atoms with van der Waals surface area (Å²) in [5.74, 6) is -1.52. The van der Waals surface area contributed by atoms with Gasteiger partial charge in [-0.3, -0.25) is 9.59 Å². The summed E-state index contributed by atoms with van der Waals surface area (Å²) in [4.78, 5) is 22.9. The topological polar surface area (TPSA) is 58.2 Å². The van der Waals surface area contributed by atoms with Crippen molar-refractivity contribution in [2.45, 2.75) is 13.3 Å². The molecule has 98 valence electrons. The van der Waals surface area contributed by atoms with E-state index in [2.05, 4.69) is 26.6 Å². The van der Waals surface area contributed by atoms with Crippen molar-refractivity contribution in [3.8, 4) is 0 Å². The molecule has 0 aromatic heterocycles. The van der Waals surface area contributed by atoms with Crippen LogP contribution in [0.2, 0.25) is 0 Å². The Morgan fingerprint density at radius 1 is 1.33 bits per heavy atom. The Morgan fingerprint density at radius 3 is 2.72 bits per heavy atom. The third-order valence-electron chi connectivity index (χ3n) is 2.15. The summed E-state index contributed by atoms with van der Waals surface area (Å²) in [5.41, 5.74) is -0.0901. The van der Waals surface area contributed by atoms with Gasteiger partial charge in [0.05, 0.1) is 12.1 Å². The molecule has 0 saturated carbocycles. The summed E-state index contributed by atoms with van der Waals surface area (Å²) in [6, 6.07) is 4.06. The van der Waals surface area contributed by atoms with E-state index in [4.69, 9.17) is 0 Å². The summed E-state index contributed by atoms with van der Waals surface area (Å²) < 4.78 is 14.0. The van der Waals surface area contributed by atoms with Gasteiger partial charge in [-0.05, 0) is 24.6 Å². The van der Waals surface area contributed by atoms with Crippen LogP contribution in [0.1, 0.15) is 23.7 Å². The van der Waals surface area contributed by atoms with Crippen molar-refractivity contribution < 1.29 is 14.0 Å². The molecule has 0 aliphatic heterocycles. The molecule has 6 heteroatoms. The maximum atomic E-state index is 13.4. The molecule has 2 N–H and O–H groups in total. The van der Waals surface area contributed by atoms with Crippen molar-refractivity contribution in [1.82, 2.24) is 10.6 Å². The Kier molecular flexibility index (Phi) is 5.77. The van der Waals surface area contributed by atoms with E-state index in [0.717, 1.165) is 6.42 Å². The second kappa shape index (κ2) is 7.10. The standard InChI is InChI=1S/C12H14BrFN2O2/c1-2-5-15-11(17)7-16-12(18)9-6-8(13)3-4-10(9)14/h3-4,6H,2,5,7H2,1H3,(H,15,17)(H,16,18).